The first kappa shape index (κ1) is 18.2. The molecule has 1 aliphatic rings. The summed E-state index contributed by atoms with van der Waals surface area (Å²) in [6.07, 6.45) is 9.76. The van der Waals surface area contributed by atoms with Crippen molar-refractivity contribution in [3.05, 3.63) is 28.9 Å². The van der Waals surface area contributed by atoms with E-state index in [9.17, 15) is 9.59 Å². The van der Waals surface area contributed by atoms with Gasteiger partial charge in [-0.15, -0.1) is 0 Å². The lowest BCUT2D eigenvalue weighted by molar-refractivity contribution is -0.124. The Kier molecular flexibility index (Phi) is 7.02. The molecule has 0 aromatic carbocycles. The standard InChI is InChI=1S/C16H21ClN4O3/c17-13-8-11(6-7-14(22)21-24)9-18-16(13)19-10-15(23)20-12-4-2-1-3-5-12/h6-9,12,24H,1-5,10H2,(H,18,19)(H,20,23)(H,21,22). The second-order valence-corrected chi connectivity index (χ2v) is 6.07. The van der Waals surface area contributed by atoms with Gasteiger partial charge in [-0.05, 0) is 30.5 Å². The summed E-state index contributed by atoms with van der Waals surface area (Å²) in [5.41, 5.74) is 2.09. The highest BCUT2D eigenvalue weighted by atomic mass is 35.5. The predicted molar refractivity (Wildman–Crippen MR) is 91.7 cm³/mol. The number of aromatic nitrogens is 1. The average Bonchev–Trinajstić information content (AvgIpc) is 2.59. The van der Waals surface area contributed by atoms with E-state index in [0.717, 1.165) is 31.8 Å². The fraction of sp³-hybridized carbons (Fsp3) is 0.438. The molecule has 0 spiro atoms. The predicted octanol–water partition coefficient (Wildman–Crippen LogP) is 2.11. The minimum atomic E-state index is -0.646. The molecule has 0 aliphatic heterocycles. The molecule has 0 saturated heterocycles. The van der Waals surface area contributed by atoms with E-state index >= 15 is 0 Å². The number of rotatable bonds is 6. The first-order chi connectivity index (χ1) is 11.6. The summed E-state index contributed by atoms with van der Waals surface area (Å²) in [5.74, 6) is -0.324. The van der Waals surface area contributed by atoms with Crippen LogP contribution in [0.3, 0.4) is 0 Å². The molecular formula is C16H21ClN4O3. The van der Waals surface area contributed by atoms with Crippen LogP contribution in [-0.2, 0) is 9.59 Å². The number of pyridine rings is 1. The summed E-state index contributed by atoms with van der Waals surface area (Å²) < 4.78 is 0. The van der Waals surface area contributed by atoms with Gasteiger partial charge in [0.25, 0.3) is 5.91 Å². The maximum atomic E-state index is 11.9. The lowest BCUT2D eigenvalue weighted by Crippen LogP contribution is -2.39. The van der Waals surface area contributed by atoms with Crippen LogP contribution >= 0.6 is 11.6 Å². The molecule has 0 unspecified atom stereocenters. The van der Waals surface area contributed by atoms with Gasteiger partial charge in [-0.1, -0.05) is 30.9 Å². The van der Waals surface area contributed by atoms with Gasteiger partial charge in [-0.25, -0.2) is 10.5 Å². The van der Waals surface area contributed by atoms with Crippen LogP contribution in [0.1, 0.15) is 37.7 Å². The molecule has 0 radical (unpaired) electrons. The highest BCUT2D eigenvalue weighted by molar-refractivity contribution is 6.33. The van der Waals surface area contributed by atoms with Crippen LogP contribution in [-0.4, -0.2) is 34.6 Å². The monoisotopic (exact) mass is 352 g/mol. The van der Waals surface area contributed by atoms with Gasteiger partial charge >= 0.3 is 0 Å². The second kappa shape index (κ2) is 9.24. The number of hydrogen-bond acceptors (Lipinski definition) is 5. The van der Waals surface area contributed by atoms with Crippen LogP contribution < -0.4 is 16.1 Å². The van der Waals surface area contributed by atoms with Crippen molar-refractivity contribution in [1.82, 2.24) is 15.8 Å². The Morgan fingerprint density at radius 2 is 2.08 bits per heavy atom. The molecule has 1 aromatic heterocycles. The molecule has 1 fully saturated rings. The van der Waals surface area contributed by atoms with Crippen LogP contribution in [0.2, 0.25) is 5.02 Å². The minimum absolute atomic E-state index is 0.0802. The number of carbonyl (C=O) groups is 2. The van der Waals surface area contributed by atoms with Crippen molar-refractivity contribution in [3.63, 3.8) is 0 Å². The number of halogens is 1. The summed E-state index contributed by atoms with van der Waals surface area (Å²) >= 11 is 6.11. The highest BCUT2D eigenvalue weighted by Gasteiger charge is 2.15. The third-order valence-electron chi connectivity index (χ3n) is 3.79. The van der Waals surface area contributed by atoms with E-state index in [-0.39, 0.29) is 18.5 Å². The van der Waals surface area contributed by atoms with Crippen molar-refractivity contribution in [3.8, 4) is 0 Å². The molecule has 8 heteroatoms. The van der Waals surface area contributed by atoms with Gasteiger partial charge in [0.05, 0.1) is 11.6 Å². The van der Waals surface area contributed by atoms with E-state index in [1.54, 1.807) is 6.07 Å². The molecule has 1 heterocycles. The smallest absolute Gasteiger partial charge is 0.267 e. The number of nitrogens with one attached hydrogen (secondary N) is 3. The van der Waals surface area contributed by atoms with Gasteiger partial charge in [0, 0.05) is 18.3 Å². The largest absolute Gasteiger partial charge is 0.360 e. The maximum absolute atomic E-state index is 11.9. The Morgan fingerprint density at radius 1 is 1.33 bits per heavy atom. The highest BCUT2D eigenvalue weighted by Crippen LogP contribution is 2.21. The molecule has 2 amide bonds. The summed E-state index contributed by atoms with van der Waals surface area (Å²) in [4.78, 5) is 27.0. The van der Waals surface area contributed by atoms with E-state index in [1.165, 1.54) is 24.2 Å². The number of hydrogen-bond donors (Lipinski definition) is 4. The average molecular weight is 353 g/mol. The van der Waals surface area contributed by atoms with E-state index in [4.69, 9.17) is 16.8 Å². The lowest BCUT2D eigenvalue weighted by atomic mass is 9.95. The fourth-order valence-corrected chi connectivity index (χ4v) is 2.81. The quantitative estimate of drug-likeness (QED) is 0.357. The molecule has 2 rings (SSSR count). The van der Waals surface area contributed by atoms with E-state index in [1.807, 2.05) is 0 Å². The first-order valence-corrected chi connectivity index (χ1v) is 8.27. The van der Waals surface area contributed by atoms with Crippen molar-refractivity contribution in [2.75, 3.05) is 11.9 Å². The van der Waals surface area contributed by atoms with Gasteiger partial charge in [0.15, 0.2) is 0 Å². The Bertz CT molecular complexity index is 615. The van der Waals surface area contributed by atoms with Crippen molar-refractivity contribution in [2.24, 2.45) is 0 Å². The van der Waals surface area contributed by atoms with Crippen LogP contribution in [0.4, 0.5) is 5.82 Å². The van der Waals surface area contributed by atoms with Crippen molar-refractivity contribution < 1.29 is 14.8 Å². The molecule has 4 N–H and O–H groups in total. The zero-order chi connectivity index (χ0) is 17.4. The van der Waals surface area contributed by atoms with Crippen LogP contribution in [0.25, 0.3) is 6.08 Å². The lowest BCUT2D eigenvalue weighted by Gasteiger charge is -2.22. The first-order valence-electron chi connectivity index (χ1n) is 7.89. The normalized spacial score (nSPS) is 15.2. The van der Waals surface area contributed by atoms with Crippen molar-refractivity contribution >= 4 is 35.3 Å². The molecule has 0 bridgehead atoms. The van der Waals surface area contributed by atoms with E-state index in [2.05, 4.69) is 15.6 Å². The Balaban J connectivity index is 1.84. The topological polar surface area (TPSA) is 103 Å². The van der Waals surface area contributed by atoms with Gasteiger partial charge in [0.1, 0.15) is 5.82 Å². The molecule has 0 atom stereocenters. The Labute approximate surface area is 145 Å². The maximum Gasteiger partial charge on any atom is 0.267 e. The van der Waals surface area contributed by atoms with Crippen molar-refractivity contribution in [2.45, 2.75) is 38.1 Å². The molecule has 1 aromatic rings. The molecule has 1 aliphatic carbocycles. The zero-order valence-corrected chi connectivity index (χ0v) is 14.0. The zero-order valence-electron chi connectivity index (χ0n) is 13.2. The molecule has 130 valence electrons. The summed E-state index contributed by atoms with van der Waals surface area (Å²) in [7, 11) is 0. The van der Waals surface area contributed by atoms with E-state index < -0.39 is 5.91 Å². The summed E-state index contributed by atoms with van der Waals surface area (Å²) in [5, 5.41) is 14.7. The second-order valence-electron chi connectivity index (χ2n) is 5.66. The van der Waals surface area contributed by atoms with Crippen LogP contribution in [0, 0.1) is 0 Å². The SMILES string of the molecule is O=C(C=Cc1cnc(NCC(=O)NC2CCCCC2)c(Cl)c1)NO. The van der Waals surface area contributed by atoms with Gasteiger partial charge in [-0.3, -0.25) is 14.8 Å². The van der Waals surface area contributed by atoms with Gasteiger partial charge < -0.3 is 10.6 Å². The summed E-state index contributed by atoms with van der Waals surface area (Å²) in [6, 6.07) is 1.87. The minimum Gasteiger partial charge on any atom is -0.360 e. The number of hydroxylamine groups is 1. The van der Waals surface area contributed by atoms with Gasteiger partial charge in [0.2, 0.25) is 5.91 Å². The van der Waals surface area contributed by atoms with Crippen LogP contribution in [0.5, 0.6) is 0 Å². The molecular weight excluding hydrogens is 332 g/mol. The third-order valence-corrected chi connectivity index (χ3v) is 4.07. The molecule has 7 nitrogen and oxygen atoms in total. The Morgan fingerprint density at radius 3 is 2.75 bits per heavy atom. The summed E-state index contributed by atoms with van der Waals surface area (Å²) in [6.45, 7) is 0.103. The number of nitrogens with zero attached hydrogens (tertiary/aromatic N) is 1. The molecule has 24 heavy (non-hydrogen) atoms. The van der Waals surface area contributed by atoms with E-state index in [0.29, 0.717) is 16.4 Å². The third kappa shape index (κ3) is 5.82. The van der Waals surface area contributed by atoms with Gasteiger partial charge in [-0.2, -0.15) is 0 Å². The van der Waals surface area contributed by atoms with Crippen molar-refractivity contribution in [1.29, 1.82) is 0 Å². The fourth-order valence-electron chi connectivity index (χ4n) is 2.57. The number of anilines is 1. The molecule has 1 saturated carbocycles. The number of carbonyl (C=O) groups excluding carboxylic acids is 2. The number of amides is 2. The van der Waals surface area contributed by atoms with Crippen LogP contribution in [0.15, 0.2) is 18.3 Å². The Hall–Kier alpha value is -2.12.